The molecule has 1 aromatic carbocycles. The predicted molar refractivity (Wildman–Crippen MR) is 49.4 cm³/mol. The largest absolute Gasteiger partial charge is 0.307 e. The molecule has 1 aliphatic heterocycles. The molecule has 3 heteroatoms. The van der Waals surface area contributed by atoms with Gasteiger partial charge in [0.05, 0.1) is 0 Å². The number of nitrogens with one attached hydrogen (secondary N) is 1. The first-order chi connectivity index (χ1) is 4.86. The highest BCUT2D eigenvalue weighted by atomic mass is 35.5. The van der Waals surface area contributed by atoms with E-state index in [0.29, 0.717) is 6.04 Å². The number of hydrogen-bond donors (Lipinski definition) is 1. The van der Waals surface area contributed by atoms with Gasteiger partial charge in [-0.25, -0.2) is 0 Å². The fourth-order valence-corrected chi connectivity index (χ4v) is 1.12. The number of benzene rings is 1. The lowest BCUT2D eigenvalue weighted by molar-refractivity contribution is 1.08. The summed E-state index contributed by atoms with van der Waals surface area (Å²) in [7, 11) is 0. The Morgan fingerprint density at radius 1 is 1.27 bits per heavy atom. The van der Waals surface area contributed by atoms with Crippen LogP contribution in [0.25, 0.3) is 0 Å². The second-order valence-electron chi connectivity index (χ2n) is 2.51. The molecule has 0 amide bonds. The zero-order chi connectivity index (χ0) is 6.97. The summed E-state index contributed by atoms with van der Waals surface area (Å²) >= 11 is 5.72. The average molecular weight is 190 g/mol. The first-order valence-electron chi connectivity index (χ1n) is 3.35. The van der Waals surface area contributed by atoms with Gasteiger partial charge in [-0.3, -0.25) is 0 Å². The van der Waals surface area contributed by atoms with E-state index in [0.717, 1.165) is 11.6 Å². The second-order valence-corrected chi connectivity index (χ2v) is 2.95. The zero-order valence-electron chi connectivity index (χ0n) is 5.88. The molecule has 60 valence electrons. The second kappa shape index (κ2) is 3.44. The minimum Gasteiger partial charge on any atom is -0.307 e. The van der Waals surface area contributed by atoms with Crippen molar-refractivity contribution in [3.63, 3.8) is 0 Å². The summed E-state index contributed by atoms with van der Waals surface area (Å²) in [6.07, 6.45) is 0. The van der Waals surface area contributed by atoms with Crippen LogP contribution in [0.15, 0.2) is 24.3 Å². The van der Waals surface area contributed by atoms with Crippen LogP contribution in [0, 0.1) is 0 Å². The van der Waals surface area contributed by atoms with E-state index >= 15 is 0 Å². The Balaban J connectivity index is 0.000000605. The lowest BCUT2D eigenvalue weighted by Crippen LogP contribution is -1.81. The van der Waals surface area contributed by atoms with Crippen LogP contribution >= 0.6 is 24.0 Å². The maximum absolute atomic E-state index is 5.72. The molecule has 0 aromatic heterocycles. The van der Waals surface area contributed by atoms with Crippen molar-refractivity contribution in [2.45, 2.75) is 6.04 Å². The van der Waals surface area contributed by atoms with E-state index in [1.165, 1.54) is 5.56 Å². The van der Waals surface area contributed by atoms with Gasteiger partial charge in [0.15, 0.2) is 0 Å². The van der Waals surface area contributed by atoms with E-state index in [9.17, 15) is 0 Å². The van der Waals surface area contributed by atoms with Crippen LogP contribution in [-0.2, 0) is 0 Å². The van der Waals surface area contributed by atoms with E-state index in [-0.39, 0.29) is 12.4 Å². The Morgan fingerprint density at radius 3 is 2.27 bits per heavy atom. The van der Waals surface area contributed by atoms with Crippen molar-refractivity contribution in [1.29, 1.82) is 0 Å². The molecule has 1 saturated heterocycles. The highest BCUT2D eigenvalue weighted by Crippen LogP contribution is 2.22. The zero-order valence-corrected chi connectivity index (χ0v) is 7.45. The molecular formula is C8H9Cl2N. The van der Waals surface area contributed by atoms with Gasteiger partial charge in [0.2, 0.25) is 0 Å². The predicted octanol–water partition coefficient (Wildman–Crippen LogP) is 2.41. The summed E-state index contributed by atoms with van der Waals surface area (Å²) in [6, 6.07) is 8.57. The highest BCUT2D eigenvalue weighted by Gasteiger charge is 2.21. The Morgan fingerprint density at radius 2 is 1.82 bits per heavy atom. The van der Waals surface area contributed by atoms with Crippen LogP contribution in [0.3, 0.4) is 0 Å². The Hall–Kier alpha value is -0.240. The van der Waals surface area contributed by atoms with Crippen LogP contribution in [0.5, 0.6) is 0 Å². The molecule has 1 heterocycles. The standard InChI is InChI=1S/C8H8ClN.ClH/c9-7-3-1-6(2-4-7)8-5-10-8;/h1-4,8,10H,5H2;1H/t8-;/m0./s1. The monoisotopic (exact) mass is 189 g/mol. The van der Waals surface area contributed by atoms with Crippen LogP contribution in [0.4, 0.5) is 0 Å². The summed E-state index contributed by atoms with van der Waals surface area (Å²) in [6.45, 7) is 1.11. The van der Waals surface area contributed by atoms with Crippen molar-refractivity contribution in [2.75, 3.05) is 6.54 Å². The van der Waals surface area contributed by atoms with E-state index in [4.69, 9.17) is 11.6 Å². The van der Waals surface area contributed by atoms with Crippen molar-refractivity contribution >= 4 is 24.0 Å². The molecule has 0 unspecified atom stereocenters. The number of halogens is 2. The molecule has 1 N–H and O–H groups in total. The topological polar surface area (TPSA) is 21.9 Å². The van der Waals surface area contributed by atoms with E-state index in [1.807, 2.05) is 12.1 Å². The third-order valence-corrected chi connectivity index (χ3v) is 1.93. The summed E-state index contributed by atoms with van der Waals surface area (Å²) in [4.78, 5) is 0. The smallest absolute Gasteiger partial charge is 0.0447 e. The highest BCUT2D eigenvalue weighted by molar-refractivity contribution is 6.30. The van der Waals surface area contributed by atoms with Crippen LogP contribution in [0.2, 0.25) is 5.02 Å². The van der Waals surface area contributed by atoms with Crippen molar-refractivity contribution in [2.24, 2.45) is 0 Å². The maximum Gasteiger partial charge on any atom is 0.0447 e. The van der Waals surface area contributed by atoms with Crippen molar-refractivity contribution in [3.8, 4) is 0 Å². The molecule has 1 aromatic rings. The molecule has 1 aliphatic rings. The Labute approximate surface area is 77.2 Å². The van der Waals surface area contributed by atoms with E-state index < -0.39 is 0 Å². The molecular weight excluding hydrogens is 181 g/mol. The summed E-state index contributed by atoms with van der Waals surface area (Å²) in [5.41, 5.74) is 1.34. The van der Waals surface area contributed by atoms with E-state index in [2.05, 4.69) is 17.4 Å². The summed E-state index contributed by atoms with van der Waals surface area (Å²) in [5, 5.41) is 4.04. The molecule has 0 saturated carbocycles. The first kappa shape index (κ1) is 8.85. The van der Waals surface area contributed by atoms with Crippen LogP contribution < -0.4 is 5.32 Å². The van der Waals surface area contributed by atoms with Gasteiger partial charge < -0.3 is 5.32 Å². The van der Waals surface area contributed by atoms with Crippen LogP contribution in [0.1, 0.15) is 11.6 Å². The van der Waals surface area contributed by atoms with Gasteiger partial charge in [-0.2, -0.15) is 0 Å². The molecule has 1 fully saturated rings. The third-order valence-electron chi connectivity index (χ3n) is 1.68. The lowest BCUT2D eigenvalue weighted by Gasteiger charge is -1.94. The molecule has 0 aliphatic carbocycles. The van der Waals surface area contributed by atoms with Gasteiger partial charge >= 0.3 is 0 Å². The van der Waals surface area contributed by atoms with Crippen molar-refractivity contribution < 1.29 is 0 Å². The first-order valence-corrected chi connectivity index (χ1v) is 3.73. The van der Waals surface area contributed by atoms with Crippen molar-refractivity contribution in [1.82, 2.24) is 5.32 Å². The normalized spacial score (nSPS) is 20.6. The molecule has 2 rings (SSSR count). The minimum absolute atomic E-state index is 0. The Kier molecular flexibility index (Phi) is 2.77. The summed E-state index contributed by atoms with van der Waals surface area (Å²) < 4.78 is 0. The number of rotatable bonds is 1. The molecule has 1 nitrogen and oxygen atoms in total. The minimum atomic E-state index is 0. The van der Waals surface area contributed by atoms with Crippen molar-refractivity contribution in [3.05, 3.63) is 34.9 Å². The lowest BCUT2D eigenvalue weighted by atomic mass is 10.2. The fourth-order valence-electron chi connectivity index (χ4n) is 0.990. The quantitative estimate of drug-likeness (QED) is 0.674. The average Bonchev–Trinajstić information content (AvgIpc) is 2.71. The van der Waals surface area contributed by atoms with Gasteiger partial charge in [-0.15, -0.1) is 12.4 Å². The Bertz CT molecular complexity index is 228. The molecule has 0 bridgehead atoms. The molecule has 11 heavy (non-hydrogen) atoms. The molecule has 0 radical (unpaired) electrons. The molecule has 0 spiro atoms. The van der Waals surface area contributed by atoms with Crippen LogP contribution in [-0.4, -0.2) is 6.54 Å². The van der Waals surface area contributed by atoms with Gasteiger partial charge in [-0.05, 0) is 17.7 Å². The SMILES string of the molecule is Cl.Clc1ccc([C@@H]2CN2)cc1. The number of hydrogen-bond acceptors (Lipinski definition) is 1. The van der Waals surface area contributed by atoms with Gasteiger partial charge in [-0.1, -0.05) is 23.7 Å². The van der Waals surface area contributed by atoms with Gasteiger partial charge in [0.1, 0.15) is 0 Å². The maximum atomic E-state index is 5.72. The van der Waals surface area contributed by atoms with Gasteiger partial charge in [0, 0.05) is 17.6 Å². The summed E-state index contributed by atoms with van der Waals surface area (Å²) in [5.74, 6) is 0. The molecule has 1 atom stereocenters. The van der Waals surface area contributed by atoms with E-state index in [1.54, 1.807) is 0 Å². The fraction of sp³-hybridized carbons (Fsp3) is 0.250. The van der Waals surface area contributed by atoms with Gasteiger partial charge in [0.25, 0.3) is 0 Å². The third kappa shape index (κ3) is 2.09.